The number of rotatable bonds is 6. The molecule has 0 saturated heterocycles. The van der Waals surface area contributed by atoms with Gasteiger partial charge in [0.1, 0.15) is 4.83 Å². The number of carbonyl (C=O) groups excluding carboxylic acids is 1. The van der Waals surface area contributed by atoms with Crippen LogP contribution in [0.4, 0.5) is 5.69 Å². The number of thioether (sulfide) groups is 1. The van der Waals surface area contributed by atoms with Crippen LogP contribution in [0.3, 0.4) is 0 Å². The van der Waals surface area contributed by atoms with Crippen LogP contribution in [0, 0.1) is 0 Å². The van der Waals surface area contributed by atoms with Crippen LogP contribution < -0.4 is 10.9 Å². The highest BCUT2D eigenvalue weighted by atomic mass is 32.2. The lowest BCUT2D eigenvalue weighted by molar-refractivity contribution is -0.113. The van der Waals surface area contributed by atoms with Crippen molar-refractivity contribution in [3.05, 3.63) is 63.6 Å². The maximum absolute atomic E-state index is 13.1. The van der Waals surface area contributed by atoms with Crippen molar-refractivity contribution < 1.29 is 4.79 Å². The molecule has 0 fully saturated rings. The van der Waals surface area contributed by atoms with Gasteiger partial charge in [-0.3, -0.25) is 14.2 Å². The summed E-state index contributed by atoms with van der Waals surface area (Å²) in [5.41, 5.74) is 1.64. The van der Waals surface area contributed by atoms with E-state index in [1.165, 1.54) is 23.1 Å². The van der Waals surface area contributed by atoms with Crippen LogP contribution in [0.5, 0.6) is 0 Å². The summed E-state index contributed by atoms with van der Waals surface area (Å²) in [6, 6.07) is 13.3. The molecule has 3 aromatic heterocycles. The average molecular weight is 428 g/mol. The van der Waals surface area contributed by atoms with Gasteiger partial charge in [-0.15, -0.1) is 22.7 Å². The van der Waals surface area contributed by atoms with Gasteiger partial charge < -0.3 is 5.32 Å². The maximum atomic E-state index is 13.1. The van der Waals surface area contributed by atoms with Crippen molar-refractivity contribution in [1.29, 1.82) is 0 Å². The Balaban J connectivity index is 1.61. The Morgan fingerprint density at radius 2 is 2.00 bits per heavy atom. The molecule has 0 bridgehead atoms. The quantitative estimate of drug-likeness (QED) is 0.350. The molecule has 28 heavy (non-hydrogen) atoms. The van der Waals surface area contributed by atoms with E-state index in [1.807, 2.05) is 60.1 Å². The molecule has 1 aromatic carbocycles. The average Bonchev–Trinajstić information content (AvgIpc) is 3.37. The van der Waals surface area contributed by atoms with E-state index in [1.54, 1.807) is 15.9 Å². The van der Waals surface area contributed by atoms with Gasteiger partial charge in [0, 0.05) is 28.1 Å². The molecule has 1 N–H and O–H groups in total. The smallest absolute Gasteiger partial charge is 0.263 e. The summed E-state index contributed by atoms with van der Waals surface area (Å²) in [4.78, 5) is 31.8. The second-order valence-corrected chi connectivity index (χ2v) is 8.70. The number of anilines is 1. The van der Waals surface area contributed by atoms with E-state index < -0.39 is 0 Å². The molecule has 0 saturated carbocycles. The summed E-state index contributed by atoms with van der Waals surface area (Å²) in [6.45, 7) is 2.42. The number of amides is 1. The first-order valence-corrected chi connectivity index (χ1v) is 11.5. The minimum atomic E-state index is -0.126. The maximum Gasteiger partial charge on any atom is 0.263 e. The summed E-state index contributed by atoms with van der Waals surface area (Å²) >= 11 is 4.36. The van der Waals surface area contributed by atoms with E-state index >= 15 is 0 Å². The minimum absolute atomic E-state index is 0.0527. The van der Waals surface area contributed by atoms with Gasteiger partial charge >= 0.3 is 0 Å². The van der Waals surface area contributed by atoms with Gasteiger partial charge in [-0.05, 0) is 30.5 Å². The van der Waals surface area contributed by atoms with Crippen molar-refractivity contribution in [2.75, 3.05) is 11.1 Å². The number of carbonyl (C=O) groups is 1. The molecule has 142 valence electrons. The minimum Gasteiger partial charge on any atom is -0.325 e. The summed E-state index contributed by atoms with van der Waals surface area (Å²) in [5.74, 6) is 0.0642. The van der Waals surface area contributed by atoms with Crippen molar-refractivity contribution in [1.82, 2.24) is 9.55 Å². The second-order valence-electron chi connectivity index (χ2n) is 5.95. The van der Waals surface area contributed by atoms with E-state index in [0.717, 1.165) is 16.1 Å². The van der Waals surface area contributed by atoms with Gasteiger partial charge in [0.15, 0.2) is 5.16 Å². The predicted molar refractivity (Wildman–Crippen MR) is 119 cm³/mol. The molecule has 0 radical (unpaired) electrons. The van der Waals surface area contributed by atoms with Crippen LogP contribution in [-0.4, -0.2) is 21.2 Å². The Hall–Kier alpha value is -2.42. The predicted octanol–water partition coefficient (Wildman–Crippen LogP) is 4.94. The molecule has 0 aliphatic carbocycles. The zero-order valence-electron chi connectivity index (χ0n) is 15.0. The fourth-order valence-electron chi connectivity index (χ4n) is 2.86. The molecule has 5 nitrogen and oxygen atoms in total. The molecule has 0 unspecified atom stereocenters. The molecule has 1 amide bonds. The van der Waals surface area contributed by atoms with Gasteiger partial charge in [-0.25, -0.2) is 4.98 Å². The Bertz CT molecular complexity index is 1160. The van der Waals surface area contributed by atoms with Gasteiger partial charge in [0.05, 0.1) is 11.1 Å². The number of hydrogen-bond donors (Lipinski definition) is 1. The third kappa shape index (κ3) is 3.76. The second kappa shape index (κ2) is 8.30. The van der Waals surface area contributed by atoms with Crippen molar-refractivity contribution in [3.63, 3.8) is 0 Å². The number of hydrogen-bond acceptors (Lipinski definition) is 6. The largest absolute Gasteiger partial charge is 0.325 e. The standard InChI is InChI=1S/C20H17N3O2S3/c1-2-23-19(25)17-14(15-9-6-10-26-15)11-27-18(17)22-20(23)28-12-16(24)21-13-7-4-3-5-8-13/h3-11H,2,12H2,1H3,(H,21,24). The van der Waals surface area contributed by atoms with Gasteiger partial charge in [0.25, 0.3) is 5.56 Å². The highest BCUT2D eigenvalue weighted by Gasteiger charge is 2.18. The zero-order valence-corrected chi connectivity index (χ0v) is 17.5. The summed E-state index contributed by atoms with van der Waals surface area (Å²) < 4.78 is 1.65. The van der Waals surface area contributed by atoms with Gasteiger partial charge in [-0.1, -0.05) is 36.0 Å². The number of aromatic nitrogens is 2. The SMILES string of the molecule is CCn1c(SCC(=O)Nc2ccccc2)nc2scc(-c3cccs3)c2c1=O. The molecule has 8 heteroatoms. The van der Waals surface area contributed by atoms with Crippen molar-refractivity contribution >= 4 is 56.2 Å². The molecule has 4 rings (SSSR count). The number of benzene rings is 1. The van der Waals surface area contributed by atoms with E-state index in [-0.39, 0.29) is 17.2 Å². The number of nitrogens with zero attached hydrogens (tertiary/aromatic N) is 2. The highest BCUT2D eigenvalue weighted by molar-refractivity contribution is 7.99. The summed E-state index contributed by atoms with van der Waals surface area (Å²) in [6.07, 6.45) is 0. The van der Waals surface area contributed by atoms with E-state index in [2.05, 4.69) is 10.3 Å². The fourth-order valence-corrected chi connectivity index (χ4v) is 5.52. The Morgan fingerprint density at radius 1 is 1.18 bits per heavy atom. The van der Waals surface area contributed by atoms with Crippen molar-refractivity contribution in [3.8, 4) is 10.4 Å². The highest BCUT2D eigenvalue weighted by Crippen LogP contribution is 2.34. The first kappa shape index (κ1) is 18.9. The summed E-state index contributed by atoms with van der Waals surface area (Å²) in [7, 11) is 0. The third-order valence-corrected chi connectivity index (χ3v) is 6.90. The normalized spacial score (nSPS) is 11.0. The first-order chi connectivity index (χ1) is 13.7. The van der Waals surface area contributed by atoms with Gasteiger partial charge in [0.2, 0.25) is 5.91 Å². The lowest BCUT2D eigenvalue weighted by Gasteiger charge is -2.10. The van der Waals surface area contributed by atoms with E-state index in [0.29, 0.717) is 21.9 Å². The molecule has 0 atom stereocenters. The number of fused-ring (bicyclic) bond motifs is 1. The number of thiophene rings is 2. The van der Waals surface area contributed by atoms with Crippen LogP contribution >= 0.6 is 34.4 Å². The zero-order chi connectivity index (χ0) is 19.5. The van der Waals surface area contributed by atoms with E-state index in [4.69, 9.17) is 0 Å². The first-order valence-electron chi connectivity index (χ1n) is 8.71. The molecule has 0 spiro atoms. The molecule has 0 aliphatic heterocycles. The lowest BCUT2D eigenvalue weighted by atomic mass is 10.2. The Morgan fingerprint density at radius 3 is 2.71 bits per heavy atom. The molecular formula is C20H17N3O2S3. The molecule has 0 aliphatic rings. The number of nitrogens with one attached hydrogen (secondary N) is 1. The number of para-hydroxylation sites is 1. The molecule has 4 aromatic rings. The van der Waals surface area contributed by atoms with Crippen molar-refractivity contribution in [2.45, 2.75) is 18.6 Å². The van der Waals surface area contributed by atoms with Gasteiger partial charge in [-0.2, -0.15) is 0 Å². The van der Waals surface area contributed by atoms with Crippen LogP contribution in [0.25, 0.3) is 20.7 Å². The van der Waals surface area contributed by atoms with Crippen LogP contribution in [-0.2, 0) is 11.3 Å². The van der Waals surface area contributed by atoms with E-state index in [9.17, 15) is 9.59 Å². The lowest BCUT2D eigenvalue weighted by Crippen LogP contribution is -2.23. The molecule has 3 heterocycles. The monoisotopic (exact) mass is 427 g/mol. The van der Waals surface area contributed by atoms with Crippen molar-refractivity contribution in [2.24, 2.45) is 0 Å². The fraction of sp³-hybridized carbons (Fsp3) is 0.150. The van der Waals surface area contributed by atoms with Crippen LogP contribution in [0.15, 0.2) is 63.2 Å². The third-order valence-electron chi connectivity index (χ3n) is 4.15. The topological polar surface area (TPSA) is 64.0 Å². The summed E-state index contributed by atoms with van der Waals surface area (Å²) in [5, 5.41) is 8.07. The van der Waals surface area contributed by atoms with Crippen LogP contribution in [0.2, 0.25) is 0 Å². The Labute approximate surface area is 174 Å². The van der Waals surface area contributed by atoms with Crippen LogP contribution in [0.1, 0.15) is 6.92 Å². The molecular weight excluding hydrogens is 410 g/mol. The Kier molecular flexibility index (Phi) is 5.61.